The highest BCUT2D eigenvalue weighted by molar-refractivity contribution is 7.97. The van der Waals surface area contributed by atoms with Crippen molar-refractivity contribution in [2.24, 2.45) is 5.92 Å². The van der Waals surface area contributed by atoms with Crippen LogP contribution in [-0.2, 0) is 11.3 Å². The Morgan fingerprint density at radius 1 is 0.884 bits per heavy atom. The molecule has 4 rings (SSSR count). The number of amides is 1. The summed E-state index contributed by atoms with van der Waals surface area (Å²) in [6.07, 6.45) is 9.07. The van der Waals surface area contributed by atoms with Gasteiger partial charge in [0, 0.05) is 24.0 Å². The van der Waals surface area contributed by atoms with E-state index in [9.17, 15) is 4.79 Å². The number of hydrogen-bond acceptors (Lipinski definition) is 5. The second-order valence-corrected chi connectivity index (χ2v) is 13.2. The summed E-state index contributed by atoms with van der Waals surface area (Å²) >= 11 is 1.80. The molecule has 0 radical (unpaired) electrons. The van der Waals surface area contributed by atoms with E-state index >= 15 is 0 Å². The fraction of sp³-hybridized carbons (Fsp3) is 0.486. The molecule has 232 valence electrons. The minimum Gasteiger partial charge on any atom is -0.445 e. The van der Waals surface area contributed by atoms with Crippen LogP contribution in [0.3, 0.4) is 0 Å². The zero-order chi connectivity index (χ0) is 30.1. The van der Waals surface area contributed by atoms with Crippen molar-refractivity contribution >= 4 is 18.0 Å². The first kappa shape index (κ1) is 33.1. The SMILES string of the molecule is CCC(CCNCCC(CN(C)Sc1ccccc1)c1ccccc1)N(CC1CCCCC1)C(=O)OCc1ccccc1. The number of hydrogen-bond donors (Lipinski definition) is 1. The van der Waals surface area contributed by atoms with Crippen molar-refractivity contribution in [3.63, 3.8) is 0 Å². The van der Waals surface area contributed by atoms with Crippen molar-refractivity contribution in [3.8, 4) is 0 Å². The Balaban J connectivity index is 1.29. The number of carbonyl (C=O) groups is 1. The average Bonchev–Trinajstić information content (AvgIpc) is 3.05. The number of rotatable bonds is 17. The average molecular weight is 602 g/mol. The lowest BCUT2D eigenvalue weighted by atomic mass is 9.88. The van der Waals surface area contributed by atoms with Gasteiger partial charge in [0.25, 0.3) is 0 Å². The van der Waals surface area contributed by atoms with Crippen LogP contribution in [0.4, 0.5) is 4.79 Å². The van der Waals surface area contributed by atoms with Gasteiger partial charge in [0.2, 0.25) is 0 Å². The summed E-state index contributed by atoms with van der Waals surface area (Å²) in [6.45, 7) is 6.16. The van der Waals surface area contributed by atoms with Crippen molar-refractivity contribution in [2.75, 3.05) is 33.2 Å². The molecule has 0 heterocycles. The monoisotopic (exact) mass is 601 g/mol. The first-order valence-corrected chi connectivity index (χ1v) is 17.1. The first-order chi connectivity index (χ1) is 21.1. The smallest absolute Gasteiger partial charge is 0.410 e. The Bertz CT molecular complexity index is 1160. The summed E-state index contributed by atoms with van der Waals surface area (Å²) < 4.78 is 8.21. The third-order valence-corrected chi connectivity index (χ3v) is 9.55. The Labute approximate surface area is 264 Å². The molecular weight excluding hydrogens is 550 g/mol. The zero-order valence-electron chi connectivity index (χ0n) is 26.2. The molecular formula is C37H51N3O2S. The van der Waals surface area contributed by atoms with Crippen LogP contribution in [0, 0.1) is 5.92 Å². The van der Waals surface area contributed by atoms with Gasteiger partial charge in [-0.2, -0.15) is 0 Å². The molecule has 0 bridgehead atoms. The van der Waals surface area contributed by atoms with E-state index in [-0.39, 0.29) is 12.1 Å². The van der Waals surface area contributed by atoms with Crippen LogP contribution in [0.15, 0.2) is 95.9 Å². The Hall–Kier alpha value is -2.80. The molecule has 2 atom stereocenters. The highest BCUT2D eigenvalue weighted by Gasteiger charge is 2.27. The lowest BCUT2D eigenvalue weighted by Crippen LogP contribution is -2.44. The summed E-state index contributed by atoms with van der Waals surface area (Å²) in [6, 6.07) is 31.7. The Morgan fingerprint density at radius 2 is 1.51 bits per heavy atom. The normalized spacial score (nSPS) is 15.2. The molecule has 0 spiro atoms. The van der Waals surface area contributed by atoms with Crippen LogP contribution in [-0.4, -0.2) is 54.6 Å². The van der Waals surface area contributed by atoms with Crippen LogP contribution < -0.4 is 5.32 Å². The number of likely N-dealkylation sites (N-methyl/N-ethyl adjacent to an activating group) is 1. The maximum absolute atomic E-state index is 13.4. The fourth-order valence-corrected chi connectivity index (χ4v) is 7.06. The number of carbonyl (C=O) groups excluding carboxylic acids is 1. The molecule has 1 saturated carbocycles. The van der Waals surface area contributed by atoms with E-state index in [1.54, 1.807) is 11.9 Å². The molecule has 2 unspecified atom stereocenters. The molecule has 1 aliphatic carbocycles. The van der Waals surface area contributed by atoms with Crippen LogP contribution in [0.2, 0.25) is 0 Å². The summed E-state index contributed by atoms with van der Waals surface area (Å²) in [7, 11) is 2.19. The Kier molecular flexibility index (Phi) is 14.5. The van der Waals surface area contributed by atoms with Gasteiger partial charge in [-0.05, 0) is 99.3 Å². The van der Waals surface area contributed by atoms with Crippen molar-refractivity contribution in [2.45, 2.75) is 81.8 Å². The molecule has 1 N–H and O–H groups in total. The van der Waals surface area contributed by atoms with Crippen LogP contribution in [0.5, 0.6) is 0 Å². The van der Waals surface area contributed by atoms with Gasteiger partial charge in [0.15, 0.2) is 0 Å². The second kappa shape index (κ2) is 18.8. The van der Waals surface area contributed by atoms with E-state index < -0.39 is 0 Å². The Morgan fingerprint density at radius 3 is 2.19 bits per heavy atom. The van der Waals surface area contributed by atoms with E-state index in [1.165, 1.54) is 42.6 Å². The van der Waals surface area contributed by atoms with Crippen LogP contribution >= 0.6 is 11.9 Å². The molecule has 5 nitrogen and oxygen atoms in total. The predicted molar refractivity (Wildman–Crippen MR) is 180 cm³/mol. The molecule has 1 aliphatic rings. The number of ether oxygens (including phenoxy) is 1. The van der Waals surface area contributed by atoms with Gasteiger partial charge in [0.05, 0.1) is 0 Å². The summed E-state index contributed by atoms with van der Waals surface area (Å²) in [4.78, 5) is 16.8. The first-order valence-electron chi connectivity index (χ1n) is 16.3. The number of nitrogens with zero attached hydrogens (tertiary/aromatic N) is 2. The molecule has 1 fully saturated rings. The van der Waals surface area contributed by atoms with Gasteiger partial charge in [-0.1, -0.05) is 105 Å². The van der Waals surface area contributed by atoms with Crippen molar-refractivity contribution in [1.82, 2.24) is 14.5 Å². The highest BCUT2D eigenvalue weighted by Crippen LogP contribution is 2.28. The standard InChI is InChI=1S/C37H51N3O2S/c1-3-35(40(28-31-16-8-4-9-17-31)37(41)42-30-32-18-10-5-11-19-32)25-27-38-26-24-34(33-20-12-6-13-21-33)29-39(2)43-36-22-14-7-15-23-36/h5-7,10-15,18-23,31,34-35,38H,3-4,8-9,16-17,24-30H2,1-2H3. The quantitative estimate of drug-likeness (QED) is 0.124. The van der Waals surface area contributed by atoms with Gasteiger partial charge in [0.1, 0.15) is 6.61 Å². The zero-order valence-corrected chi connectivity index (χ0v) is 27.0. The molecule has 3 aromatic carbocycles. The van der Waals surface area contributed by atoms with Gasteiger partial charge in [-0.15, -0.1) is 0 Å². The maximum atomic E-state index is 13.4. The van der Waals surface area contributed by atoms with Gasteiger partial charge >= 0.3 is 6.09 Å². The van der Waals surface area contributed by atoms with E-state index in [0.717, 1.165) is 51.0 Å². The van der Waals surface area contributed by atoms with Crippen molar-refractivity contribution in [3.05, 3.63) is 102 Å². The highest BCUT2D eigenvalue weighted by atomic mass is 32.2. The number of benzene rings is 3. The lowest BCUT2D eigenvalue weighted by molar-refractivity contribution is 0.0665. The van der Waals surface area contributed by atoms with Gasteiger partial charge in [-0.3, -0.25) is 0 Å². The topological polar surface area (TPSA) is 44.8 Å². The van der Waals surface area contributed by atoms with E-state index in [2.05, 4.69) is 89.2 Å². The lowest BCUT2D eigenvalue weighted by Gasteiger charge is -2.35. The molecule has 0 aromatic heterocycles. The molecule has 43 heavy (non-hydrogen) atoms. The second-order valence-electron chi connectivity index (χ2n) is 11.9. The van der Waals surface area contributed by atoms with Gasteiger partial charge < -0.3 is 15.0 Å². The predicted octanol–water partition coefficient (Wildman–Crippen LogP) is 8.78. The molecule has 3 aromatic rings. The van der Waals surface area contributed by atoms with E-state index in [1.807, 2.05) is 30.3 Å². The van der Waals surface area contributed by atoms with Crippen molar-refractivity contribution in [1.29, 1.82) is 0 Å². The largest absolute Gasteiger partial charge is 0.445 e. The van der Waals surface area contributed by atoms with Crippen LogP contribution in [0.1, 0.15) is 75.3 Å². The minimum atomic E-state index is -0.163. The summed E-state index contributed by atoms with van der Waals surface area (Å²) in [5.74, 6) is 1.02. The third-order valence-electron chi connectivity index (χ3n) is 8.61. The molecule has 1 amide bonds. The molecule has 0 saturated heterocycles. The molecule has 6 heteroatoms. The van der Waals surface area contributed by atoms with E-state index in [4.69, 9.17) is 4.74 Å². The van der Waals surface area contributed by atoms with Crippen LogP contribution in [0.25, 0.3) is 0 Å². The summed E-state index contributed by atoms with van der Waals surface area (Å²) in [5.41, 5.74) is 2.42. The fourth-order valence-electron chi connectivity index (χ4n) is 6.17. The number of nitrogens with one attached hydrogen (secondary N) is 1. The van der Waals surface area contributed by atoms with Crippen molar-refractivity contribution < 1.29 is 9.53 Å². The third kappa shape index (κ3) is 11.7. The maximum Gasteiger partial charge on any atom is 0.410 e. The molecule has 0 aliphatic heterocycles. The van der Waals surface area contributed by atoms with E-state index in [0.29, 0.717) is 18.4 Å². The van der Waals surface area contributed by atoms with Gasteiger partial charge in [-0.25, -0.2) is 9.10 Å². The minimum absolute atomic E-state index is 0.163. The summed E-state index contributed by atoms with van der Waals surface area (Å²) in [5, 5.41) is 3.72.